The van der Waals surface area contributed by atoms with E-state index in [2.05, 4.69) is 18.2 Å². The van der Waals surface area contributed by atoms with Crippen LogP contribution in [-0.4, -0.2) is 35.0 Å². The maximum atomic E-state index is 11.1. The predicted octanol–water partition coefficient (Wildman–Crippen LogP) is 1.37. The molecular formula is C10H14N2OS. The Morgan fingerprint density at radius 1 is 1.64 bits per heavy atom. The van der Waals surface area contributed by atoms with Crippen LogP contribution in [0.3, 0.4) is 0 Å². The molecule has 1 heterocycles. The largest absolute Gasteiger partial charge is 0.351 e. The maximum Gasteiger partial charge on any atom is 0.315 e. The van der Waals surface area contributed by atoms with Crippen molar-refractivity contribution in [1.82, 2.24) is 4.90 Å². The molecule has 1 atom stereocenters. The molecule has 1 aliphatic carbocycles. The summed E-state index contributed by atoms with van der Waals surface area (Å²) in [5, 5.41) is 0.560. The summed E-state index contributed by atoms with van der Waals surface area (Å²) in [4.78, 5) is 12.8. The molecule has 3 nitrogen and oxygen atoms in total. The summed E-state index contributed by atoms with van der Waals surface area (Å²) in [5.41, 5.74) is 6.62. The van der Waals surface area contributed by atoms with Crippen molar-refractivity contribution in [3.8, 4) is 0 Å². The first-order valence-corrected chi connectivity index (χ1v) is 5.84. The highest BCUT2D eigenvalue weighted by Gasteiger charge is 2.23. The molecule has 1 saturated heterocycles. The molecule has 1 aliphatic heterocycles. The molecule has 0 saturated carbocycles. The fourth-order valence-electron chi connectivity index (χ4n) is 1.77. The number of hydrogen-bond acceptors (Lipinski definition) is 2. The van der Waals surface area contributed by atoms with Gasteiger partial charge in [0, 0.05) is 24.1 Å². The highest BCUT2D eigenvalue weighted by atomic mass is 32.2. The second-order valence-electron chi connectivity index (χ2n) is 3.52. The Morgan fingerprint density at radius 2 is 2.50 bits per heavy atom. The Kier molecular flexibility index (Phi) is 2.82. The van der Waals surface area contributed by atoms with Crippen molar-refractivity contribution in [2.75, 3.05) is 18.8 Å². The molecule has 0 aromatic carbocycles. The minimum absolute atomic E-state index is 0.304. The van der Waals surface area contributed by atoms with Gasteiger partial charge in [0.2, 0.25) is 0 Å². The van der Waals surface area contributed by atoms with E-state index in [4.69, 9.17) is 5.73 Å². The highest BCUT2D eigenvalue weighted by molar-refractivity contribution is 8.00. The van der Waals surface area contributed by atoms with Crippen molar-refractivity contribution in [3.63, 3.8) is 0 Å². The van der Waals surface area contributed by atoms with Crippen LogP contribution in [-0.2, 0) is 0 Å². The van der Waals surface area contributed by atoms with Crippen molar-refractivity contribution in [2.24, 2.45) is 5.73 Å². The maximum absolute atomic E-state index is 11.1. The summed E-state index contributed by atoms with van der Waals surface area (Å²) in [6, 6.07) is -0.304. The average Bonchev–Trinajstić information content (AvgIpc) is 2.39. The van der Waals surface area contributed by atoms with Crippen LogP contribution in [0.25, 0.3) is 0 Å². The van der Waals surface area contributed by atoms with Gasteiger partial charge in [-0.3, -0.25) is 0 Å². The lowest BCUT2D eigenvalue weighted by Crippen LogP contribution is -2.38. The monoisotopic (exact) mass is 210 g/mol. The second kappa shape index (κ2) is 4.09. The number of allylic oxidation sites excluding steroid dienone is 3. The van der Waals surface area contributed by atoms with Crippen molar-refractivity contribution in [3.05, 3.63) is 23.8 Å². The Balaban J connectivity index is 2.13. The SMILES string of the molecule is NC(=O)N1CCSC2CC=CC=C2C1. The number of rotatable bonds is 0. The van der Waals surface area contributed by atoms with Gasteiger partial charge in [-0.15, -0.1) is 0 Å². The Bertz CT molecular complexity index is 298. The summed E-state index contributed by atoms with van der Waals surface area (Å²) in [5.74, 6) is 0.985. The predicted molar refractivity (Wildman–Crippen MR) is 59.2 cm³/mol. The van der Waals surface area contributed by atoms with Crippen LogP contribution in [0.4, 0.5) is 4.79 Å². The van der Waals surface area contributed by atoms with Gasteiger partial charge in [-0.25, -0.2) is 4.79 Å². The molecule has 4 heteroatoms. The first-order chi connectivity index (χ1) is 6.77. The molecule has 1 unspecified atom stereocenters. The topological polar surface area (TPSA) is 46.3 Å². The van der Waals surface area contributed by atoms with Crippen molar-refractivity contribution in [1.29, 1.82) is 0 Å². The lowest BCUT2D eigenvalue weighted by molar-refractivity contribution is 0.215. The lowest BCUT2D eigenvalue weighted by atomic mass is 10.0. The summed E-state index contributed by atoms with van der Waals surface area (Å²) in [6.45, 7) is 1.48. The zero-order valence-corrected chi connectivity index (χ0v) is 8.80. The lowest BCUT2D eigenvalue weighted by Gasteiger charge is -2.21. The van der Waals surface area contributed by atoms with E-state index in [1.165, 1.54) is 5.57 Å². The Morgan fingerprint density at radius 3 is 3.29 bits per heavy atom. The third-order valence-electron chi connectivity index (χ3n) is 2.58. The van der Waals surface area contributed by atoms with E-state index in [1.807, 2.05) is 11.8 Å². The average molecular weight is 210 g/mol. The van der Waals surface area contributed by atoms with Gasteiger partial charge >= 0.3 is 6.03 Å². The minimum atomic E-state index is -0.304. The number of thioether (sulfide) groups is 1. The van der Waals surface area contributed by atoms with Gasteiger partial charge in [0.25, 0.3) is 0 Å². The molecule has 0 aromatic heterocycles. The molecule has 0 spiro atoms. The van der Waals surface area contributed by atoms with Gasteiger partial charge in [-0.1, -0.05) is 18.2 Å². The summed E-state index contributed by atoms with van der Waals surface area (Å²) in [6.07, 6.45) is 7.45. The minimum Gasteiger partial charge on any atom is -0.351 e. The van der Waals surface area contributed by atoms with Crippen molar-refractivity contribution in [2.45, 2.75) is 11.7 Å². The molecule has 0 radical (unpaired) electrons. The number of carbonyl (C=O) groups is 1. The van der Waals surface area contributed by atoms with Crippen LogP contribution < -0.4 is 5.73 Å². The van der Waals surface area contributed by atoms with Gasteiger partial charge in [0.15, 0.2) is 0 Å². The number of urea groups is 1. The van der Waals surface area contributed by atoms with E-state index in [0.717, 1.165) is 18.7 Å². The number of nitrogens with two attached hydrogens (primary N) is 1. The molecule has 14 heavy (non-hydrogen) atoms. The summed E-state index contributed by atoms with van der Waals surface area (Å²) >= 11 is 1.92. The van der Waals surface area contributed by atoms with Crippen LogP contribution in [0, 0.1) is 0 Å². The van der Waals surface area contributed by atoms with E-state index in [9.17, 15) is 4.79 Å². The molecule has 2 aliphatic rings. The zero-order chi connectivity index (χ0) is 9.97. The third kappa shape index (κ3) is 1.95. The van der Waals surface area contributed by atoms with Gasteiger partial charge in [-0.2, -0.15) is 11.8 Å². The fraction of sp³-hybridized carbons (Fsp3) is 0.500. The van der Waals surface area contributed by atoms with Gasteiger partial charge in [0.05, 0.1) is 0 Å². The molecule has 76 valence electrons. The van der Waals surface area contributed by atoms with Crippen LogP contribution in [0.15, 0.2) is 23.8 Å². The molecule has 2 rings (SSSR count). The first kappa shape index (κ1) is 9.65. The number of hydrogen-bond donors (Lipinski definition) is 1. The van der Waals surface area contributed by atoms with Crippen molar-refractivity contribution < 1.29 is 4.79 Å². The van der Waals surface area contributed by atoms with Gasteiger partial charge in [0.1, 0.15) is 0 Å². The van der Waals surface area contributed by atoms with Crippen LogP contribution in [0.1, 0.15) is 6.42 Å². The van der Waals surface area contributed by atoms with Crippen LogP contribution >= 0.6 is 11.8 Å². The molecule has 0 bridgehead atoms. The Labute approximate surface area is 88.0 Å². The quantitative estimate of drug-likeness (QED) is 0.656. The normalized spacial score (nSPS) is 26.4. The number of primary amides is 1. The summed E-state index contributed by atoms with van der Waals surface area (Å²) in [7, 11) is 0. The van der Waals surface area contributed by atoms with E-state index >= 15 is 0 Å². The fourth-order valence-corrected chi connectivity index (χ4v) is 3.00. The third-order valence-corrected chi connectivity index (χ3v) is 3.89. The highest BCUT2D eigenvalue weighted by Crippen LogP contribution is 2.29. The Hall–Kier alpha value is -0.900. The van der Waals surface area contributed by atoms with E-state index in [1.54, 1.807) is 4.90 Å². The molecule has 2 N–H and O–H groups in total. The summed E-state index contributed by atoms with van der Waals surface area (Å²) < 4.78 is 0. The van der Waals surface area contributed by atoms with E-state index in [-0.39, 0.29) is 6.03 Å². The number of amides is 2. The molecular weight excluding hydrogens is 196 g/mol. The van der Waals surface area contributed by atoms with Gasteiger partial charge < -0.3 is 10.6 Å². The number of nitrogens with zero attached hydrogens (tertiary/aromatic N) is 1. The molecule has 2 amide bonds. The van der Waals surface area contributed by atoms with E-state index in [0.29, 0.717) is 11.8 Å². The second-order valence-corrected chi connectivity index (χ2v) is 4.84. The standard InChI is InChI=1S/C10H14N2OS/c11-10(13)12-5-6-14-9-4-2-1-3-8(9)7-12/h1-3,9H,4-7H2,(H2,11,13). The van der Waals surface area contributed by atoms with Crippen LogP contribution in [0.5, 0.6) is 0 Å². The number of carbonyl (C=O) groups excluding carboxylic acids is 1. The van der Waals surface area contributed by atoms with E-state index < -0.39 is 0 Å². The molecule has 1 fully saturated rings. The van der Waals surface area contributed by atoms with Crippen molar-refractivity contribution >= 4 is 17.8 Å². The van der Waals surface area contributed by atoms with Crippen LogP contribution in [0.2, 0.25) is 0 Å². The van der Waals surface area contributed by atoms with Gasteiger partial charge in [-0.05, 0) is 12.0 Å². The number of fused-ring (bicyclic) bond motifs is 1. The molecule has 0 aromatic rings. The smallest absolute Gasteiger partial charge is 0.315 e. The zero-order valence-electron chi connectivity index (χ0n) is 7.98. The first-order valence-electron chi connectivity index (χ1n) is 4.79.